The summed E-state index contributed by atoms with van der Waals surface area (Å²) in [6.45, 7) is 1.53. The zero-order chi connectivity index (χ0) is 15.9. The molecule has 0 fully saturated rings. The number of hydrogen-bond acceptors (Lipinski definition) is 3. The molecule has 0 saturated heterocycles. The van der Waals surface area contributed by atoms with Crippen molar-refractivity contribution >= 4 is 34.2 Å². The van der Waals surface area contributed by atoms with E-state index < -0.39 is 0 Å². The van der Waals surface area contributed by atoms with Gasteiger partial charge in [-0.3, -0.25) is 4.98 Å². The van der Waals surface area contributed by atoms with Crippen molar-refractivity contribution in [3.8, 4) is 0 Å². The van der Waals surface area contributed by atoms with Crippen molar-refractivity contribution in [2.24, 2.45) is 0 Å². The van der Waals surface area contributed by atoms with Gasteiger partial charge in [-0.1, -0.05) is 11.6 Å². The molecule has 0 aliphatic carbocycles. The molecule has 2 aromatic rings. The topological polar surface area (TPSA) is 57.3 Å². The number of hydrogen-bond donors (Lipinski definition) is 2. The van der Waals surface area contributed by atoms with Crippen LogP contribution in [0.15, 0.2) is 30.5 Å². The van der Waals surface area contributed by atoms with Crippen molar-refractivity contribution < 1.29 is 4.79 Å². The molecule has 1 aromatic carbocycles. The number of amides is 2. The molecular weight excluding hydrogens is 300 g/mol. The second-order valence-corrected chi connectivity index (χ2v) is 5.72. The highest BCUT2D eigenvalue weighted by molar-refractivity contribution is 6.31. The van der Waals surface area contributed by atoms with E-state index in [1.165, 1.54) is 4.90 Å². The maximum Gasteiger partial charge on any atom is 0.316 e. The van der Waals surface area contributed by atoms with Crippen LogP contribution in [0.2, 0.25) is 5.02 Å². The smallest absolute Gasteiger partial charge is 0.316 e. The molecule has 2 rings (SSSR count). The summed E-state index contributed by atoms with van der Waals surface area (Å²) in [5, 5.41) is 8.01. The quantitative estimate of drug-likeness (QED) is 0.802. The van der Waals surface area contributed by atoms with Gasteiger partial charge in [0, 0.05) is 49.5 Å². The Kier molecular flexibility index (Phi) is 5.83. The summed E-state index contributed by atoms with van der Waals surface area (Å²) in [7, 11) is 3.47. The van der Waals surface area contributed by atoms with Gasteiger partial charge in [-0.05, 0) is 37.1 Å². The first-order chi connectivity index (χ1) is 10.6. The van der Waals surface area contributed by atoms with Crippen LogP contribution in [0, 0.1) is 0 Å². The Morgan fingerprint density at radius 2 is 2.00 bits per heavy atom. The minimum absolute atomic E-state index is 0.0510. The van der Waals surface area contributed by atoms with Crippen LogP contribution in [0.4, 0.5) is 10.5 Å². The van der Waals surface area contributed by atoms with Crippen molar-refractivity contribution in [2.75, 3.05) is 32.5 Å². The van der Waals surface area contributed by atoms with E-state index in [0.717, 1.165) is 36.0 Å². The van der Waals surface area contributed by atoms with Gasteiger partial charge in [0.1, 0.15) is 0 Å². The first kappa shape index (κ1) is 16.4. The van der Waals surface area contributed by atoms with Crippen molar-refractivity contribution in [2.45, 2.75) is 12.8 Å². The van der Waals surface area contributed by atoms with Gasteiger partial charge in [0.2, 0.25) is 0 Å². The van der Waals surface area contributed by atoms with Gasteiger partial charge >= 0.3 is 6.03 Å². The number of carbonyl (C=O) groups excluding carboxylic acids is 1. The number of urea groups is 1. The maximum absolute atomic E-state index is 11.4. The molecule has 0 spiro atoms. The molecule has 1 aromatic heterocycles. The molecule has 0 unspecified atom stereocenters. The SMILES string of the molecule is CN(C)C(=O)NCCCCNc1ccnc2cc(Cl)ccc12. The van der Waals surface area contributed by atoms with Gasteiger partial charge in [0.15, 0.2) is 0 Å². The summed E-state index contributed by atoms with van der Waals surface area (Å²) in [6.07, 6.45) is 3.69. The molecule has 0 saturated carbocycles. The van der Waals surface area contributed by atoms with Crippen LogP contribution in [0.1, 0.15) is 12.8 Å². The zero-order valence-corrected chi connectivity index (χ0v) is 13.7. The third-order valence-corrected chi connectivity index (χ3v) is 3.54. The molecule has 0 atom stereocenters. The summed E-state index contributed by atoms with van der Waals surface area (Å²) >= 11 is 5.98. The van der Waals surface area contributed by atoms with E-state index >= 15 is 0 Å². The van der Waals surface area contributed by atoms with Crippen LogP contribution in [-0.4, -0.2) is 43.1 Å². The first-order valence-electron chi connectivity index (χ1n) is 7.31. The summed E-state index contributed by atoms with van der Waals surface area (Å²) in [6, 6.07) is 7.62. The number of rotatable bonds is 6. The highest BCUT2D eigenvalue weighted by atomic mass is 35.5. The van der Waals surface area contributed by atoms with E-state index in [9.17, 15) is 4.79 Å². The third-order valence-electron chi connectivity index (χ3n) is 3.31. The largest absolute Gasteiger partial charge is 0.384 e. The molecule has 22 heavy (non-hydrogen) atoms. The van der Waals surface area contributed by atoms with E-state index in [0.29, 0.717) is 11.6 Å². The van der Waals surface area contributed by atoms with Gasteiger partial charge in [0.25, 0.3) is 0 Å². The van der Waals surface area contributed by atoms with Gasteiger partial charge < -0.3 is 15.5 Å². The molecule has 0 bridgehead atoms. The fraction of sp³-hybridized carbons (Fsp3) is 0.375. The monoisotopic (exact) mass is 320 g/mol. The number of nitrogens with zero attached hydrogens (tertiary/aromatic N) is 2. The predicted molar refractivity (Wildman–Crippen MR) is 91.6 cm³/mol. The van der Waals surface area contributed by atoms with Crippen molar-refractivity contribution in [3.63, 3.8) is 0 Å². The predicted octanol–water partition coefficient (Wildman–Crippen LogP) is 3.35. The standard InChI is InChI=1S/C16H21ClN4O/c1-21(2)16(22)20-9-4-3-8-18-14-7-10-19-15-11-12(17)5-6-13(14)15/h5-7,10-11H,3-4,8-9H2,1-2H3,(H,18,19)(H,20,22). The van der Waals surface area contributed by atoms with Crippen LogP contribution in [0.3, 0.4) is 0 Å². The Morgan fingerprint density at radius 1 is 1.23 bits per heavy atom. The second-order valence-electron chi connectivity index (χ2n) is 5.28. The third kappa shape index (κ3) is 4.49. The van der Waals surface area contributed by atoms with Crippen LogP contribution in [0.5, 0.6) is 0 Å². The van der Waals surface area contributed by atoms with Crippen LogP contribution < -0.4 is 10.6 Å². The van der Waals surface area contributed by atoms with E-state index in [4.69, 9.17) is 11.6 Å². The number of pyridine rings is 1. The minimum atomic E-state index is -0.0510. The summed E-state index contributed by atoms with van der Waals surface area (Å²) in [5.41, 5.74) is 1.94. The van der Waals surface area contributed by atoms with Crippen LogP contribution in [0.25, 0.3) is 10.9 Å². The lowest BCUT2D eigenvalue weighted by atomic mass is 10.2. The molecule has 5 nitrogen and oxygen atoms in total. The van der Waals surface area contributed by atoms with E-state index in [1.807, 2.05) is 24.3 Å². The number of carbonyl (C=O) groups is 1. The lowest BCUT2D eigenvalue weighted by Gasteiger charge is -2.12. The number of anilines is 1. The molecule has 2 N–H and O–H groups in total. The number of aromatic nitrogens is 1. The van der Waals surface area contributed by atoms with Gasteiger partial charge in [-0.15, -0.1) is 0 Å². The number of nitrogens with one attached hydrogen (secondary N) is 2. The summed E-state index contributed by atoms with van der Waals surface area (Å²) < 4.78 is 0. The molecular formula is C16H21ClN4O. The maximum atomic E-state index is 11.4. The molecule has 2 amide bonds. The Hall–Kier alpha value is -2.01. The van der Waals surface area contributed by atoms with Gasteiger partial charge in [0.05, 0.1) is 5.52 Å². The Bertz CT molecular complexity index is 645. The normalized spacial score (nSPS) is 10.5. The van der Waals surface area contributed by atoms with Gasteiger partial charge in [-0.2, -0.15) is 0 Å². The fourth-order valence-corrected chi connectivity index (χ4v) is 2.27. The molecule has 0 aliphatic rings. The van der Waals surface area contributed by atoms with Gasteiger partial charge in [-0.25, -0.2) is 4.79 Å². The highest BCUT2D eigenvalue weighted by Gasteiger charge is 2.03. The average Bonchev–Trinajstić information content (AvgIpc) is 2.50. The van der Waals surface area contributed by atoms with Crippen molar-refractivity contribution in [1.82, 2.24) is 15.2 Å². The summed E-state index contributed by atoms with van der Waals surface area (Å²) in [5.74, 6) is 0. The average molecular weight is 321 g/mol. The molecule has 0 radical (unpaired) electrons. The Labute approximate surface area is 135 Å². The van der Waals surface area contributed by atoms with E-state index in [1.54, 1.807) is 20.3 Å². The van der Waals surface area contributed by atoms with Crippen LogP contribution in [-0.2, 0) is 0 Å². The highest BCUT2D eigenvalue weighted by Crippen LogP contribution is 2.24. The van der Waals surface area contributed by atoms with E-state index in [-0.39, 0.29) is 6.03 Å². The Balaban J connectivity index is 1.79. The van der Waals surface area contributed by atoms with Crippen molar-refractivity contribution in [1.29, 1.82) is 0 Å². The summed E-state index contributed by atoms with van der Waals surface area (Å²) in [4.78, 5) is 17.2. The zero-order valence-electron chi connectivity index (χ0n) is 12.9. The Morgan fingerprint density at radius 3 is 2.77 bits per heavy atom. The lowest BCUT2D eigenvalue weighted by molar-refractivity contribution is 0.217. The molecule has 118 valence electrons. The van der Waals surface area contributed by atoms with E-state index in [2.05, 4.69) is 15.6 Å². The number of halogens is 1. The number of fused-ring (bicyclic) bond motifs is 1. The molecule has 6 heteroatoms. The lowest BCUT2D eigenvalue weighted by Crippen LogP contribution is -2.35. The number of unbranched alkanes of at least 4 members (excludes halogenated alkanes) is 1. The van der Waals surface area contributed by atoms with Crippen LogP contribution >= 0.6 is 11.6 Å². The van der Waals surface area contributed by atoms with Crippen molar-refractivity contribution in [3.05, 3.63) is 35.5 Å². The minimum Gasteiger partial charge on any atom is -0.384 e. The first-order valence-corrected chi connectivity index (χ1v) is 7.69. The molecule has 1 heterocycles. The fourth-order valence-electron chi connectivity index (χ4n) is 2.10. The number of benzene rings is 1. The second kappa shape index (κ2) is 7.84. The molecule has 0 aliphatic heterocycles.